The molecule has 2 nitrogen and oxygen atoms in total. The molecule has 0 aliphatic rings. The van der Waals surface area contributed by atoms with E-state index in [4.69, 9.17) is 10.8 Å². The first-order valence-corrected chi connectivity index (χ1v) is 5.75. The molecule has 82 valence electrons. The number of aliphatic hydroxyl groups excluding tert-OH is 1. The van der Waals surface area contributed by atoms with Crippen LogP contribution in [0.5, 0.6) is 0 Å². The van der Waals surface area contributed by atoms with E-state index in [-0.39, 0.29) is 30.5 Å². The van der Waals surface area contributed by atoms with Crippen molar-refractivity contribution in [3.8, 4) is 0 Å². The van der Waals surface area contributed by atoms with E-state index in [0.29, 0.717) is 0 Å². The molecule has 0 amide bonds. The minimum Gasteiger partial charge on any atom is -0.396 e. The Balaban J connectivity index is 0.00000169. The zero-order valence-corrected chi connectivity index (χ0v) is 11.4. The van der Waals surface area contributed by atoms with Crippen molar-refractivity contribution in [1.82, 2.24) is 0 Å². The summed E-state index contributed by atoms with van der Waals surface area (Å²) in [6.07, 6.45) is 0. The average Bonchev–Trinajstić information content (AvgIpc) is 2.50. The predicted molar refractivity (Wildman–Crippen MR) is 67.1 cm³/mol. The van der Waals surface area contributed by atoms with Crippen LogP contribution in [0.4, 0.5) is 0 Å². The van der Waals surface area contributed by atoms with Crippen LogP contribution in [0, 0.1) is 5.41 Å². The fourth-order valence-electron chi connectivity index (χ4n) is 0.981. The summed E-state index contributed by atoms with van der Waals surface area (Å²) < 4.78 is 1.03. The summed E-state index contributed by atoms with van der Waals surface area (Å²) >= 11 is 5.05. The van der Waals surface area contributed by atoms with Crippen LogP contribution in [-0.4, -0.2) is 11.7 Å². The molecule has 0 unspecified atom stereocenters. The van der Waals surface area contributed by atoms with E-state index in [9.17, 15) is 0 Å². The Kier molecular flexibility index (Phi) is 5.62. The highest BCUT2D eigenvalue weighted by atomic mass is 79.9. The Morgan fingerprint density at radius 2 is 2.21 bits per heavy atom. The SMILES string of the molecule is CC(C)(CO)[C@H](N)c1sccc1Br.Cl. The van der Waals surface area contributed by atoms with E-state index in [1.165, 1.54) is 0 Å². The van der Waals surface area contributed by atoms with Crippen LogP contribution < -0.4 is 5.73 Å². The fraction of sp³-hybridized carbons (Fsp3) is 0.556. The van der Waals surface area contributed by atoms with Gasteiger partial charge in [0.05, 0.1) is 6.61 Å². The lowest BCUT2D eigenvalue weighted by Crippen LogP contribution is -2.31. The zero-order valence-electron chi connectivity index (χ0n) is 8.16. The number of aliphatic hydroxyl groups is 1. The molecule has 1 atom stereocenters. The molecule has 0 aliphatic carbocycles. The minimum absolute atomic E-state index is 0. The Bertz CT molecular complexity index is 290. The van der Waals surface area contributed by atoms with Crippen molar-refractivity contribution in [2.24, 2.45) is 11.1 Å². The monoisotopic (exact) mass is 299 g/mol. The number of hydrogen-bond acceptors (Lipinski definition) is 3. The third-order valence-electron chi connectivity index (χ3n) is 2.18. The lowest BCUT2D eigenvalue weighted by atomic mass is 9.85. The first-order valence-electron chi connectivity index (χ1n) is 4.08. The average molecular weight is 301 g/mol. The molecule has 0 aliphatic heterocycles. The topological polar surface area (TPSA) is 46.2 Å². The smallest absolute Gasteiger partial charge is 0.0500 e. The number of rotatable bonds is 3. The molecule has 1 aromatic heterocycles. The number of nitrogens with two attached hydrogens (primary N) is 1. The van der Waals surface area contributed by atoms with E-state index in [1.807, 2.05) is 25.3 Å². The summed E-state index contributed by atoms with van der Waals surface area (Å²) in [5.74, 6) is 0. The second-order valence-electron chi connectivity index (χ2n) is 3.76. The summed E-state index contributed by atoms with van der Waals surface area (Å²) in [6, 6.07) is 1.86. The van der Waals surface area contributed by atoms with E-state index in [2.05, 4.69) is 15.9 Å². The molecule has 0 saturated carbocycles. The van der Waals surface area contributed by atoms with Gasteiger partial charge >= 0.3 is 0 Å². The maximum absolute atomic E-state index is 9.16. The van der Waals surface area contributed by atoms with Crippen molar-refractivity contribution in [2.45, 2.75) is 19.9 Å². The van der Waals surface area contributed by atoms with Crippen molar-refractivity contribution in [3.05, 3.63) is 20.8 Å². The van der Waals surface area contributed by atoms with Gasteiger partial charge in [0.25, 0.3) is 0 Å². The molecule has 0 fully saturated rings. The largest absolute Gasteiger partial charge is 0.396 e. The molecule has 0 aromatic carbocycles. The van der Waals surface area contributed by atoms with Crippen LogP contribution in [0.25, 0.3) is 0 Å². The zero-order chi connectivity index (χ0) is 10.1. The molecule has 1 aromatic rings. The molecule has 0 spiro atoms. The summed E-state index contributed by atoms with van der Waals surface area (Å²) in [4.78, 5) is 1.10. The standard InChI is InChI=1S/C9H14BrNOS.ClH/c1-9(2,5-12)8(11)7-6(10)3-4-13-7;/h3-4,8,12H,5,11H2,1-2H3;1H/t8-;/m1./s1. The molecule has 0 radical (unpaired) electrons. The van der Waals surface area contributed by atoms with E-state index >= 15 is 0 Å². The van der Waals surface area contributed by atoms with Gasteiger partial charge < -0.3 is 10.8 Å². The van der Waals surface area contributed by atoms with Gasteiger partial charge in [-0.1, -0.05) is 13.8 Å². The predicted octanol–water partition coefficient (Wildman–Crippen LogP) is 2.95. The van der Waals surface area contributed by atoms with Gasteiger partial charge in [0.15, 0.2) is 0 Å². The van der Waals surface area contributed by atoms with Crippen LogP contribution in [0.15, 0.2) is 15.9 Å². The maximum atomic E-state index is 9.16. The molecular weight excluding hydrogens is 286 g/mol. The van der Waals surface area contributed by atoms with Crippen LogP contribution in [0.2, 0.25) is 0 Å². The quantitative estimate of drug-likeness (QED) is 0.901. The van der Waals surface area contributed by atoms with Crippen LogP contribution in [0.1, 0.15) is 24.8 Å². The van der Waals surface area contributed by atoms with Crippen molar-refractivity contribution in [2.75, 3.05) is 6.61 Å². The Morgan fingerprint density at radius 3 is 2.57 bits per heavy atom. The molecule has 0 saturated heterocycles. The molecule has 14 heavy (non-hydrogen) atoms. The molecule has 5 heteroatoms. The van der Waals surface area contributed by atoms with Gasteiger partial charge in [0, 0.05) is 20.8 Å². The van der Waals surface area contributed by atoms with E-state index in [1.54, 1.807) is 11.3 Å². The summed E-state index contributed by atoms with van der Waals surface area (Å²) in [5.41, 5.74) is 5.78. The normalized spacial score (nSPS) is 13.5. The van der Waals surface area contributed by atoms with Crippen LogP contribution in [0.3, 0.4) is 0 Å². The second kappa shape index (κ2) is 5.47. The molecule has 1 heterocycles. The molecular formula is C9H15BrClNOS. The van der Waals surface area contributed by atoms with Crippen LogP contribution in [-0.2, 0) is 0 Å². The van der Waals surface area contributed by atoms with E-state index in [0.717, 1.165) is 9.35 Å². The third-order valence-corrected chi connectivity index (χ3v) is 4.13. The van der Waals surface area contributed by atoms with Gasteiger partial charge in [-0.15, -0.1) is 23.7 Å². The first kappa shape index (κ1) is 14.4. The van der Waals surface area contributed by atoms with Crippen molar-refractivity contribution in [3.63, 3.8) is 0 Å². The first-order chi connectivity index (χ1) is 5.99. The highest BCUT2D eigenvalue weighted by molar-refractivity contribution is 9.10. The summed E-state index contributed by atoms with van der Waals surface area (Å²) in [6.45, 7) is 4.02. The van der Waals surface area contributed by atoms with Crippen molar-refractivity contribution >= 4 is 39.7 Å². The molecule has 0 bridgehead atoms. The van der Waals surface area contributed by atoms with Crippen LogP contribution >= 0.6 is 39.7 Å². The highest BCUT2D eigenvalue weighted by Crippen LogP contribution is 2.37. The van der Waals surface area contributed by atoms with Gasteiger partial charge in [-0.25, -0.2) is 0 Å². The van der Waals surface area contributed by atoms with Gasteiger partial charge in [-0.3, -0.25) is 0 Å². The Hall–Kier alpha value is 0.390. The Morgan fingerprint density at radius 1 is 1.64 bits per heavy atom. The lowest BCUT2D eigenvalue weighted by molar-refractivity contribution is 0.133. The van der Waals surface area contributed by atoms with Crippen molar-refractivity contribution < 1.29 is 5.11 Å². The highest BCUT2D eigenvalue weighted by Gasteiger charge is 2.28. The number of hydrogen-bond donors (Lipinski definition) is 2. The third kappa shape index (κ3) is 2.94. The number of thiophene rings is 1. The van der Waals surface area contributed by atoms with Gasteiger partial charge in [0.1, 0.15) is 0 Å². The summed E-state index contributed by atoms with van der Waals surface area (Å²) in [7, 11) is 0. The molecule has 1 rings (SSSR count). The minimum atomic E-state index is -0.270. The molecule has 3 N–H and O–H groups in total. The summed E-state index contributed by atoms with van der Waals surface area (Å²) in [5, 5.41) is 11.2. The van der Waals surface area contributed by atoms with Gasteiger partial charge in [-0.05, 0) is 27.4 Å². The maximum Gasteiger partial charge on any atom is 0.0500 e. The van der Waals surface area contributed by atoms with Gasteiger partial charge in [0.2, 0.25) is 0 Å². The second-order valence-corrected chi connectivity index (χ2v) is 5.56. The Labute approximate surface area is 103 Å². The number of halogens is 2. The fourth-order valence-corrected chi connectivity index (χ4v) is 2.81. The van der Waals surface area contributed by atoms with Gasteiger partial charge in [-0.2, -0.15) is 0 Å². The van der Waals surface area contributed by atoms with E-state index < -0.39 is 0 Å². The van der Waals surface area contributed by atoms with Crippen molar-refractivity contribution in [1.29, 1.82) is 0 Å². The lowest BCUT2D eigenvalue weighted by Gasteiger charge is -2.28.